The SMILES string of the molecule is CCOC(=O)CN(Cc1ccccc1)C(=O)c1c(C)c2cc(Cl)ccc2n1CC. The molecule has 0 spiro atoms. The summed E-state index contributed by atoms with van der Waals surface area (Å²) in [6.07, 6.45) is 0. The Morgan fingerprint density at radius 2 is 1.83 bits per heavy atom. The van der Waals surface area contributed by atoms with Gasteiger partial charge in [0, 0.05) is 29.0 Å². The van der Waals surface area contributed by atoms with Crippen LogP contribution >= 0.6 is 11.6 Å². The number of rotatable bonds is 7. The summed E-state index contributed by atoms with van der Waals surface area (Å²) in [5, 5.41) is 1.57. The van der Waals surface area contributed by atoms with E-state index in [4.69, 9.17) is 16.3 Å². The third-order valence-electron chi connectivity index (χ3n) is 4.93. The van der Waals surface area contributed by atoms with Gasteiger partial charge in [-0.05, 0) is 50.1 Å². The fourth-order valence-electron chi connectivity index (χ4n) is 3.61. The number of halogens is 1. The number of aryl methyl sites for hydroxylation is 2. The smallest absolute Gasteiger partial charge is 0.325 e. The average Bonchev–Trinajstić information content (AvgIpc) is 2.99. The maximum Gasteiger partial charge on any atom is 0.325 e. The first kappa shape index (κ1) is 20.9. The molecule has 0 saturated heterocycles. The number of nitrogens with zero attached hydrogens (tertiary/aromatic N) is 2. The Morgan fingerprint density at radius 1 is 1.10 bits per heavy atom. The van der Waals surface area contributed by atoms with Gasteiger partial charge >= 0.3 is 5.97 Å². The molecule has 0 saturated carbocycles. The Kier molecular flexibility index (Phi) is 6.60. The maximum atomic E-state index is 13.6. The van der Waals surface area contributed by atoms with Gasteiger partial charge in [0.15, 0.2) is 0 Å². The van der Waals surface area contributed by atoms with Crippen LogP contribution in [0.2, 0.25) is 5.02 Å². The van der Waals surface area contributed by atoms with Crippen molar-refractivity contribution < 1.29 is 14.3 Å². The van der Waals surface area contributed by atoms with Gasteiger partial charge in [-0.1, -0.05) is 41.9 Å². The third kappa shape index (κ3) is 4.46. The van der Waals surface area contributed by atoms with Crippen molar-refractivity contribution >= 4 is 34.4 Å². The van der Waals surface area contributed by atoms with Crippen LogP contribution in [0.25, 0.3) is 10.9 Å². The number of hydrogen-bond acceptors (Lipinski definition) is 3. The van der Waals surface area contributed by atoms with Gasteiger partial charge in [-0.25, -0.2) is 0 Å². The number of carbonyl (C=O) groups excluding carboxylic acids is 2. The molecule has 2 aromatic carbocycles. The average molecular weight is 413 g/mol. The van der Waals surface area contributed by atoms with Crippen LogP contribution in [0, 0.1) is 6.92 Å². The van der Waals surface area contributed by atoms with Crippen LogP contribution in [-0.4, -0.2) is 34.5 Å². The molecule has 0 aliphatic rings. The fourth-order valence-corrected chi connectivity index (χ4v) is 3.79. The number of hydrogen-bond donors (Lipinski definition) is 0. The number of amides is 1. The molecule has 0 atom stereocenters. The normalized spacial score (nSPS) is 10.9. The van der Waals surface area contributed by atoms with E-state index < -0.39 is 5.97 Å². The Labute approximate surface area is 175 Å². The second-order valence-electron chi connectivity index (χ2n) is 6.83. The number of fused-ring (bicyclic) bond motifs is 1. The monoisotopic (exact) mass is 412 g/mol. The lowest BCUT2D eigenvalue weighted by Crippen LogP contribution is -2.37. The summed E-state index contributed by atoms with van der Waals surface area (Å²) in [5.74, 6) is -0.620. The van der Waals surface area contributed by atoms with Crippen LogP contribution in [0.3, 0.4) is 0 Å². The van der Waals surface area contributed by atoms with Gasteiger partial charge in [-0.2, -0.15) is 0 Å². The molecular formula is C23H25ClN2O3. The zero-order valence-electron chi connectivity index (χ0n) is 16.9. The van der Waals surface area contributed by atoms with Crippen molar-refractivity contribution in [2.45, 2.75) is 33.9 Å². The van der Waals surface area contributed by atoms with Crippen LogP contribution in [0.4, 0.5) is 0 Å². The standard InChI is InChI=1S/C23H25ClN2O3/c1-4-26-20-12-11-18(24)13-19(20)16(3)22(26)23(28)25(15-21(27)29-5-2)14-17-9-7-6-8-10-17/h6-13H,4-5,14-15H2,1-3H3. The molecule has 1 heterocycles. The fraction of sp³-hybridized carbons (Fsp3) is 0.304. The van der Waals surface area contributed by atoms with Crippen LogP contribution in [0.5, 0.6) is 0 Å². The van der Waals surface area contributed by atoms with Crippen molar-refractivity contribution in [1.82, 2.24) is 9.47 Å². The van der Waals surface area contributed by atoms with Crippen LogP contribution in [-0.2, 0) is 22.6 Å². The summed E-state index contributed by atoms with van der Waals surface area (Å²) < 4.78 is 7.08. The first-order valence-electron chi connectivity index (χ1n) is 9.73. The molecular weight excluding hydrogens is 388 g/mol. The van der Waals surface area contributed by atoms with E-state index in [9.17, 15) is 9.59 Å². The lowest BCUT2D eigenvalue weighted by atomic mass is 10.1. The minimum absolute atomic E-state index is 0.104. The van der Waals surface area contributed by atoms with E-state index in [2.05, 4.69) is 0 Å². The number of carbonyl (C=O) groups is 2. The number of ether oxygens (including phenoxy) is 1. The summed E-state index contributed by atoms with van der Waals surface area (Å²) in [4.78, 5) is 27.3. The predicted octanol–water partition coefficient (Wildman–Crippen LogP) is 4.83. The van der Waals surface area contributed by atoms with Gasteiger partial charge in [-0.3, -0.25) is 9.59 Å². The third-order valence-corrected chi connectivity index (χ3v) is 5.16. The van der Waals surface area contributed by atoms with E-state index in [1.54, 1.807) is 11.8 Å². The summed E-state index contributed by atoms with van der Waals surface area (Å²) in [5.41, 5.74) is 3.33. The lowest BCUT2D eigenvalue weighted by molar-refractivity contribution is -0.143. The van der Waals surface area contributed by atoms with Crippen LogP contribution in [0.1, 0.15) is 35.5 Å². The second kappa shape index (κ2) is 9.14. The van der Waals surface area contributed by atoms with Crippen molar-refractivity contribution in [3.05, 3.63) is 70.4 Å². The van der Waals surface area contributed by atoms with Crippen molar-refractivity contribution in [2.24, 2.45) is 0 Å². The second-order valence-corrected chi connectivity index (χ2v) is 7.27. The van der Waals surface area contributed by atoms with Gasteiger partial charge in [0.2, 0.25) is 0 Å². The summed E-state index contributed by atoms with van der Waals surface area (Å²) in [7, 11) is 0. The minimum atomic E-state index is -0.420. The first-order valence-corrected chi connectivity index (χ1v) is 10.1. The van der Waals surface area contributed by atoms with Gasteiger partial charge < -0.3 is 14.2 Å². The lowest BCUT2D eigenvalue weighted by Gasteiger charge is -2.23. The highest BCUT2D eigenvalue weighted by Crippen LogP contribution is 2.29. The molecule has 0 unspecified atom stereocenters. The zero-order chi connectivity index (χ0) is 21.0. The largest absolute Gasteiger partial charge is 0.465 e. The highest BCUT2D eigenvalue weighted by Gasteiger charge is 2.26. The highest BCUT2D eigenvalue weighted by molar-refractivity contribution is 6.31. The molecule has 5 nitrogen and oxygen atoms in total. The van der Waals surface area contributed by atoms with Crippen LogP contribution < -0.4 is 0 Å². The Bertz CT molecular complexity index is 1030. The number of esters is 1. The summed E-state index contributed by atoms with van der Waals surface area (Å²) in [6.45, 7) is 6.80. The molecule has 1 aromatic heterocycles. The maximum absolute atomic E-state index is 13.6. The van der Waals surface area contributed by atoms with Gasteiger partial charge in [0.05, 0.1) is 6.61 Å². The van der Waals surface area contributed by atoms with Crippen molar-refractivity contribution in [1.29, 1.82) is 0 Å². The van der Waals surface area contributed by atoms with Gasteiger partial charge in [-0.15, -0.1) is 0 Å². The quantitative estimate of drug-likeness (QED) is 0.522. The summed E-state index contributed by atoms with van der Waals surface area (Å²) >= 11 is 6.18. The molecule has 1 amide bonds. The van der Waals surface area contributed by atoms with Gasteiger partial charge in [0.25, 0.3) is 5.91 Å². The molecule has 0 aliphatic carbocycles. The Balaban J connectivity index is 2.04. The molecule has 0 N–H and O–H groups in total. The molecule has 0 fully saturated rings. The highest BCUT2D eigenvalue weighted by atomic mass is 35.5. The molecule has 29 heavy (non-hydrogen) atoms. The molecule has 0 bridgehead atoms. The van der Waals surface area contributed by atoms with E-state index in [0.29, 0.717) is 23.8 Å². The van der Waals surface area contributed by atoms with Crippen molar-refractivity contribution in [2.75, 3.05) is 13.2 Å². The van der Waals surface area contributed by atoms with E-state index >= 15 is 0 Å². The first-order chi connectivity index (χ1) is 14.0. The number of aromatic nitrogens is 1. The van der Waals surface area contributed by atoms with E-state index in [0.717, 1.165) is 22.0 Å². The van der Waals surface area contributed by atoms with Crippen molar-refractivity contribution in [3.63, 3.8) is 0 Å². The van der Waals surface area contributed by atoms with E-state index in [-0.39, 0.29) is 19.1 Å². The van der Waals surface area contributed by atoms with E-state index in [1.165, 1.54) is 0 Å². The van der Waals surface area contributed by atoms with E-state index in [1.807, 2.05) is 66.9 Å². The molecule has 152 valence electrons. The molecule has 3 aromatic rings. The Morgan fingerprint density at radius 3 is 2.48 bits per heavy atom. The predicted molar refractivity (Wildman–Crippen MR) is 115 cm³/mol. The molecule has 3 rings (SSSR count). The Hall–Kier alpha value is -2.79. The zero-order valence-corrected chi connectivity index (χ0v) is 17.7. The molecule has 6 heteroatoms. The van der Waals surface area contributed by atoms with Crippen LogP contribution in [0.15, 0.2) is 48.5 Å². The number of benzene rings is 2. The molecule has 0 radical (unpaired) electrons. The van der Waals surface area contributed by atoms with Crippen molar-refractivity contribution in [3.8, 4) is 0 Å². The van der Waals surface area contributed by atoms with Gasteiger partial charge in [0.1, 0.15) is 12.2 Å². The summed E-state index contributed by atoms with van der Waals surface area (Å²) in [6, 6.07) is 15.3. The minimum Gasteiger partial charge on any atom is -0.465 e. The topological polar surface area (TPSA) is 51.5 Å². The molecule has 0 aliphatic heterocycles.